The van der Waals surface area contributed by atoms with E-state index < -0.39 is 28.5 Å². The Morgan fingerprint density at radius 3 is 2.15 bits per heavy atom. The summed E-state index contributed by atoms with van der Waals surface area (Å²) in [6.07, 6.45) is 0. The predicted octanol–water partition coefficient (Wildman–Crippen LogP) is 4.39. The standard InChI is InChI=1S/C30H37N3O5S/c1-22(2)19-31-30(35)24(4)32(20-25-14-10-9-13-23(25)3)29(34)21-33(27-17-11-12-18-28(27)38-5)39(36,37)26-15-7-6-8-16-26/h6-18,22,24H,19-21H2,1-5H3,(H,31,35)/t24-/m1/s1. The molecule has 3 aromatic carbocycles. The van der Waals surface area contributed by atoms with Crippen LogP contribution in [0.15, 0.2) is 83.8 Å². The summed E-state index contributed by atoms with van der Waals surface area (Å²) in [5.74, 6) is -0.284. The maximum Gasteiger partial charge on any atom is 0.264 e. The number of para-hydroxylation sites is 2. The number of sulfonamides is 1. The van der Waals surface area contributed by atoms with Crippen molar-refractivity contribution in [3.8, 4) is 5.75 Å². The molecule has 0 aromatic heterocycles. The number of benzene rings is 3. The third-order valence-electron chi connectivity index (χ3n) is 6.42. The second kappa shape index (κ2) is 13.3. The molecule has 3 rings (SSSR count). The van der Waals surface area contributed by atoms with Crippen LogP contribution in [0.3, 0.4) is 0 Å². The fourth-order valence-corrected chi connectivity index (χ4v) is 5.52. The maximum atomic E-state index is 14.0. The highest BCUT2D eigenvalue weighted by molar-refractivity contribution is 7.92. The Kier molecular flexibility index (Phi) is 10.1. The van der Waals surface area contributed by atoms with E-state index in [0.717, 1.165) is 15.4 Å². The molecule has 0 saturated carbocycles. The molecule has 0 radical (unpaired) electrons. The van der Waals surface area contributed by atoms with E-state index in [9.17, 15) is 18.0 Å². The third-order valence-corrected chi connectivity index (χ3v) is 8.19. The lowest BCUT2D eigenvalue weighted by Crippen LogP contribution is -2.51. The van der Waals surface area contributed by atoms with E-state index >= 15 is 0 Å². The SMILES string of the molecule is COc1ccccc1N(CC(=O)N(Cc1ccccc1C)[C@H](C)C(=O)NCC(C)C)S(=O)(=O)c1ccccc1. The average Bonchev–Trinajstić information content (AvgIpc) is 2.94. The smallest absolute Gasteiger partial charge is 0.264 e. The Hall–Kier alpha value is -3.85. The van der Waals surface area contributed by atoms with Crippen molar-refractivity contribution in [1.82, 2.24) is 10.2 Å². The number of hydrogen-bond acceptors (Lipinski definition) is 5. The molecule has 3 aromatic rings. The van der Waals surface area contributed by atoms with Crippen molar-refractivity contribution in [2.75, 3.05) is 24.5 Å². The minimum absolute atomic E-state index is 0.0388. The normalized spacial score (nSPS) is 12.1. The van der Waals surface area contributed by atoms with Crippen LogP contribution in [0.1, 0.15) is 31.9 Å². The van der Waals surface area contributed by atoms with Crippen LogP contribution < -0.4 is 14.4 Å². The summed E-state index contributed by atoms with van der Waals surface area (Å²) < 4.78 is 34.3. The summed E-state index contributed by atoms with van der Waals surface area (Å²) in [5, 5.41) is 2.89. The fourth-order valence-electron chi connectivity index (χ4n) is 4.07. The van der Waals surface area contributed by atoms with Gasteiger partial charge < -0.3 is 15.0 Å². The number of rotatable bonds is 12. The first-order chi connectivity index (χ1) is 18.6. The number of ether oxygens (including phenoxy) is 1. The second-order valence-electron chi connectivity index (χ2n) is 9.76. The number of anilines is 1. The van der Waals surface area contributed by atoms with Gasteiger partial charge in [0.15, 0.2) is 0 Å². The van der Waals surface area contributed by atoms with Crippen molar-refractivity contribution >= 4 is 27.5 Å². The number of carbonyl (C=O) groups is 2. The summed E-state index contributed by atoms with van der Waals surface area (Å²) in [4.78, 5) is 28.6. The molecule has 208 valence electrons. The number of nitrogens with zero attached hydrogens (tertiary/aromatic N) is 2. The van der Waals surface area contributed by atoms with Crippen LogP contribution in [0, 0.1) is 12.8 Å². The van der Waals surface area contributed by atoms with Crippen LogP contribution >= 0.6 is 0 Å². The van der Waals surface area contributed by atoms with Crippen LogP contribution in [0.2, 0.25) is 0 Å². The van der Waals surface area contributed by atoms with Gasteiger partial charge in [0, 0.05) is 13.1 Å². The summed E-state index contributed by atoms with van der Waals surface area (Å²) in [6.45, 7) is 7.65. The van der Waals surface area contributed by atoms with Crippen LogP contribution in [0.25, 0.3) is 0 Å². The number of carbonyl (C=O) groups excluding carboxylic acids is 2. The Balaban J connectivity index is 2.05. The van der Waals surface area contributed by atoms with Gasteiger partial charge in [-0.1, -0.05) is 68.4 Å². The molecule has 0 aliphatic heterocycles. The first-order valence-corrected chi connectivity index (χ1v) is 14.3. The van der Waals surface area contributed by atoms with Gasteiger partial charge in [-0.05, 0) is 55.2 Å². The lowest BCUT2D eigenvalue weighted by Gasteiger charge is -2.32. The molecule has 0 bridgehead atoms. The van der Waals surface area contributed by atoms with Crippen molar-refractivity contribution in [2.45, 2.75) is 45.2 Å². The number of amides is 2. The van der Waals surface area contributed by atoms with Gasteiger partial charge in [-0.25, -0.2) is 8.42 Å². The molecular weight excluding hydrogens is 514 g/mol. The van der Waals surface area contributed by atoms with Crippen LogP contribution in [0.4, 0.5) is 5.69 Å². The largest absolute Gasteiger partial charge is 0.495 e. The first-order valence-electron chi connectivity index (χ1n) is 12.9. The molecule has 9 heteroatoms. The van der Waals surface area contributed by atoms with Gasteiger partial charge in [-0.2, -0.15) is 0 Å². The van der Waals surface area contributed by atoms with Gasteiger partial charge in [0.05, 0.1) is 17.7 Å². The Labute approximate surface area is 231 Å². The van der Waals surface area contributed by atoms with Gasteiger partial charge in [-0.3, -0.25) is 13.9 Å². The van der Waals surface area contributed by atoms with E-state index in [-0.39, 0.29) is 29.0 Å². The van der Waals surface area contributed by atoms with Gasteiger partial charge in [-0.15, -0.1) is 0 Å². The number of methoxy groups -OCH3 is 1. The summed E-state index contributed by atoms with van der Waals surface area (Å²) in [5.41, 5.74) is 2.05. The number of aryl methyl sites for hydroxylation is 1. The minimum atomic E-state index is -4.16. The lowest BCUT2D eigenvalue weighted by molar-refractivity contribution is -0.139. The van der Waals surface area contributed by atoms with Crippen molar-refractivity contribution in [1.29, 1.82) is 0 Å². The van der Waals surface area contributed by atoms with E-state index in [1.54, 1.807) is 49.4 Å². The van der Waals surface area contributed by atoms with Gasteiger partial charge in [0.1, 0.15) is 18.3 Å². The van der Waals surface area contributed by atoms with Crippen molar-refractivity contribution < 1.29 is 22.7 Å². The monoisotopic (exact) mass is 551 g/mol. The molecular formula is C30H37N3O5S. The Bertz CT molecular complexity index is 1380. The summed E-state index contributed by atoms with van der Waals surface area (Å²) in [7, 11) is -2.71. The molecule has 0 spiro atoms. The van der Waals surface area contributed by atoms with Gasteiger partial charge in [0.2, 0.25) is 11.8 Å². The molecule has 0 aliphatic rings. The number of hydrogen-bond donors (Lipinski definition) is 1. The highest BCUT2D eigenvalue weighted by Gasteiger charge is 2.33. The molecule has 0 unspecified atom stereocenters. The summed E-state index contributed by atoms with van der Waals surface area (Å²) in [6, 6.07) is 21.3. The molecule has 39 heavy (non-hydrogen) atoms. The molecule has 2 amide bonds. The highest BCUT2D eigenvalue weighted by Crippen LogP contribution is 2.32. The van der Waals surface area contributed by atoms with Gasteiger partial charge in [0.25, 0.3) is 10.0 Å². The zero-order chi connectivity index (χ0) is 28.6. The Morgan fingerprint density at radius 1 is 0.897 bits per heavy atom. The topological polar surface area (TPSA) is 96.0 Å². The highest BCUT2D eigenvalue weighted by atomic mass is 32.2. The quantitative estimate of drug-likeness (QED) is 0.360. The average molecular weight is 552 g/mol. The van der Waals surface area contributed by atoms with E-state index in [1.165, 1.54) is 24.1 Å². The first kappa shape index (κ1) is 29.7. The van der Waals surface area contributed by atoms with E-state index in [1.807, 2.05) is 45.0 Å². The number of nitrogens with one attached hydrogen (secondary N) is 1. The van der Waals surface area contributed by atoms with Crippen LogP contribution in [-0.2, 0) is 26.2 Å². The van der Waals surface area contributed by atoms with Crippen molar-refractivity contribution in [3.05, 3.63) is 90.0 Å². The zero-order valence-corrected chi connectivity index (χ0v) is 23.9. The third kappa shape index (κ3) is 7.38. The van der Waals surface area contributed by atoms with Crippen molar-refractivity contribution in [2.24, 2.45) is 5.92 Å². The molecule has 8 nitrogen and oxygen atoms in total. The molecule has 1 N–H and O–H groups in total. The zero-order valence-electron chi connectivity index (χ0n) is 23.1. The molecule has 1 atom stereocenters. The van der Waals surface area contributed by atoms with E-state index in [0.29, 0.717) is 12.3 Å². The van der Waals surface area contributed by atoms with E-state index in [4.69, 9.17) is 4.74 Å². The summed E-state index contributed by atoms with van der Waals surface area (Å²) >= 11 is 0. The van der Waals surface area contributed by atoms with Crippen LogP contribution in [0.5, 0.6) is 5.75 Å². The lowest BCUT2D eigenvalue weighted by atomic mass is 10.1. The molecule has 0 fully saturated rings. The molecule has 0 heterocycles. The maximum absolute atomic E-state index is 14.0. The minimum Gasteiger partial charge on any atom is -0.495 e. The fraction of sp³-hybridized carbons (Fsp3) is 0.333. The predicted molar refractivity (Wildman–Crippen MR) is 153 cm³/mol. The van der Waals surface area contributed by atoms with Gasteiger partial charge >= 0.3 is 0 Å². The molecule has 0 aliphatic carbocycles. The molecule has 0 saturated heterocycles. The second-order valence-corrected chi connectivity index (χ2v) is 11.6. The van der Waals surface area contributed by atoms with E-state index in [2.05, 4.69) is 5.32 Å². The van der Waals surface area contributed by atoms with Crippen molar-refractivity contribution in [3.63, 3.8) is 0 Å². The Morgan fingerprint density at radius 2 is 1.51 bits per heavy atom. The van der Waals surface area contributed by atoms with Crippen LogP contribution in [-0.4, -0.2) is 51.4 Å².